The minimum atomic E-state index is -0.363. The zero-order chi connectivity index (χ0) is 20.4. The first kappa shape index (κ1) is 19.5. The minimum Gasteiger partial charge on any atom is -0.486 e. The summed E-state index contributed by atoms with van der Waals surface area (Å²) in [6, 6.07) is 12.9. The second-order valence-electron chi connectivity index (χ2n) is 6.62. The molecule has 150 valence electrons. The number of nitrogens with one attached hydrogen (secondary N) is 2. The van der Waals surface area contributed by atoms with Gasteiger partial charge in [-0.2, -0.15) is 0 Å². The smallest absolute Gasteiger partial charge is 0.263 e. The molecule has 0 saturated heterocycles. The number of hydrogen-bond acceptors (Lipinski definition) is 5. The van der Waals surface area contributed by atoms with Gasteiger partial charge in [0.05, 0.1) is 17.6 Å². The Balaban J connectivity index is 1.35. The van der Waals surface area contributed by atoms with E-state index in [4.69, 9.17) is 21.1 Å². The Kier molecular flexibility index (Phi) is 5.60. The van der Waals surface area contributed by atoms with Crippen molar-refractivity contribution in [2.75, 3.05) is 19.8 Å². The standard InChI is InChI=1S/C21H19ClN2O4S/c1-12(13-6-7-15-16(10-13)28-9-8-27-15)24-18(25)11-23-21(26)20-19(22)14-4-2-3-5-17(14)29-20/h2-7,10,12H,8-9,11H2,1H3,(H,23,26)(H,24,25)/t12-/m0/s1. The van der Waals surface area contributed by atoms with Gasteiger partial charge in [0.2, 0.25) is 5.91 Å². The average molecular weight is 431 g/mol. The van der Waals surface area contributed by atoms with Crippen LogP contribution in [-0.4, -0.2) is 31.6 Å². The third-order valence-corrected chi connectivity index (χ3v) is 6.27. The van der Waals surface area contributed by atoms with Crippen LogP contribution in [-0.2, 0) is 4.79 Å². The van der Waals surface area contributed by atoms with Gasteiger partial charge in [-0.3, -0.25) is 9.59 Å². The van der Waals surface area contributed by atoms with Crippen molar-refractivity contribution in [2.45, 2.75) is 13.0 Å². The summed E-state index contributed by atoms with van der Waals surface area (Å²) < 4.78 is 12.0. The lowest BCUT2D eigenvalue weighted by molar-refractivity contribution is -0.120. The van der Waals surface area contributed by atoms with Crippen LogP contribution in [0.15, 0.2) is 42.5 Å². The van der Waals surface area contributed by atoms with E-state index < -0.39 is 0 Å². The molecule has 0 radical (unpaired) electrons. The van der Waals surface area contributed by atoms with Crippen LogP contribution in [0.3, 0.4) is 0 Å². The van der Waals surface area contributed by atoms with E-state index in [2.05, 4.69) is 10.6 Å². The number of carbonyl (C=O) groups excluding carboxylic acids is 2. The Morgan fingerprint density at radius 1 is 1.14 bits per heavy atom. The monoisotopic (exact) mass is 430 g/mol. The van der Waals surface area contributed by atoms with Gasteiger partial charge in [-0.1, -0.05) is 35.9 Å². The van der Waals surface area contributed by atoms with E-state index in [1.807, 2.05) is 49.4 Å². The zero-order valence-corrected chi connectivity index (χ0v) is 17.2. The number of ether oxygens (including phenoxy) is 2. The number of benzene rings is 2. The summed E-state index contributed by atoms with van der Waals surface area (Å²) in [6.07, 6.45) is 0. The lowest BCUT2D eigenvalue weighted by Crippen LogP contribution is -2.37. The van der Waals surface area contributed by atoms with Crippen molar-refractivity contribution in [1.29, 1.82) is 0 Å². The molecule has 0 spiro atoms. The van der Waals surface area contributed by atoms with Gasteiger partial charge < -0.3 is 20.1 Å². The topological polar surface area (TPSA) is 76.7 Å². The highest BCUT2D eigenvalue weighted by atomic mass is 35.5. The number of hydrogen-bond donors (Lipinski definition) is 2. The summed E-state index contributed by atoms with van der Waals surface area (Å²) in [5.41, 5.74) is 0.890. The quantitative estimate of drug-likeness (QED) is 0.643. The molecule has 4 rings (SSSR count). The molecule has 2 heterocycles. The van der Waals surface area contributed by atoms with Crippen molar-refractivity contribution in [3.63, 3.8) is 0 Å². The lowest BCUT2D eigenvalue weighted by Gasteiger charge is -2.21. The van der Waals surface area contributed by atoms with E-state index in [0.29, 0.717) is 34.6 Å². The third-order valence-electron chi connectivity index (χ3n) is 4.59. The first-order valence-electron chi connectivity index (χ1n) is 9.17. The Hall–Kier alpha value is -2.77. The van der Waals surface area contributed by atoms with Crippen molar-refractivity contribution in [3.8, 4) is 11.5 Å². The number of carbonyl (C=O) groups is 2. The first-order chi connectivity index (χ1) is 14.0. The van der Waals surface area contributed by atoms with Gasteiger partial charge in [-0.05, 0) is 30.7 Å². The highest BCUT2D eigenvalue weighted by Crippen LogP contribution is 2.35. The van der Waals surface area contributed by atoms with E-state index in [-0.39, 0.29) is 24.4 Å². The number of amides is 2. The predicted molar refractivity (Wildman–Crippen MR) is 113 cm³/mol. The van der Waals surface area contributed by atoms with Gasteiger partial charge in [-0.25, -0.2) is 0 Å². The molecule has 6 nitrogen and oxygen atoms in total. The van der Waals surface area contributed by atoms with Crippen LogP contribution < -0.4 is 20.1 Å². The fraction of sp³-hybridized carbons (Fsp3) is 0.238. The largest absolute Gasteiger partial charge is 0.486 e. The van der Waals surface area contributed by atoms with Gasteiger partial charge >= 0.3 is 0 Å². The fourth-order valence-corrected chi connectivity index (χ4v) is 4.54. The molecule has 0 saturated carbocycles. The van der Waals surface area contributed by atoms with Gasteiger partial charge in [0, 0.05) is 10.1 Å². The molecule has 0 unspecified atom stereocenters. The Labute approximate surface area is 176 Å². The van der Waals surface area contributed by atoms with E-state index in [1.165, 1.54) is 11.3 Å². The maximum Gasteiger partial charge on any atom is 0.263 e. The number of thiophene rings is 1. The van der Waals surface area contributed by atoms with Crippen LogP contribution in [0, 0.1) is 0 Å². The van der Waals surface area contributed by atoms with E-state index >= 15 is 0 Å². The Morgan fingerprint density at radius 3 is 2.69 bits per heavy atom. The Bertz CT molecular complexity index is 1080. The van der Waals surface area contributed by atoms with Crippen LogP contribution in [0.25, 0.3) is 10.1 Å². The van der Waals surface area contributed by atoms with Gasteiger partial charge in [0.1, 0.15) is 18.1 Å². The molecule has 1 aliphatic rings. The van der Waals surface area contributed by atoms with Crippen molar-refractivity contribution >= 4 is 44.8 Å². The van der Waals surface area contributed by atoms with Crippen molar-refractivity contribution in [2.24, 2.45) is 0 Å². The molecule has 1 atom stereocenters. The molecule has 8 heteroatoms. The summed E-state index contributed by atoms with van der Waals surface area (Å²) in [7, 11) is 0. The van der Waals surface area contributed by atoms with Crippen molar-refractivity contribution in [3.05, 3.63) is 57.9 Å². The molecule has 1 aromatic heterocycles. The van der Waals surface area contributed by atoms with E-state index in [0.717, 1.165) is 15.6 Å². The van der Waals surface area contributed by atoms with Crippen LogP contribution in [0.1, 0.15) is 28.2 Å². The molecule has 2 aromatic carbocycles. The average Bonchev–Trinajstić information content (AvgIpc) is 3.08. The van der Waals surface area contributed by atoms with Gasteiger partial charge in [-0.15, -0.1) is 11.3 Å². The fourth-order valence-electron chi connectivity index (χ4n) is 3.11. The highest BCUT2D eigenvalue weighted by molar-refractivity contribution is 7.21. The second kappa shape index (κ2) is 8.31. The molecule has 2 N–H and O–H groups in total. The molecule has 3 aromatic rings. The summed E-state index contributed by atoms with van der Waals surface area (Å²) in [4.78, 5) is 25.2. The first-order valence-corrected chi connectivity index (χ1v) is 10.4. The van der Waals surface area contributed by atoms with Crippen LogP contribution in [0.4, 0.5) is 0 Å². The SMILES string of the molecule is C[C@H](NC(=O)CNC(=O)c1sc2ccccc2c1Cl)c1ccc2c(c1)OCCO2. The van der Waals surface area contributed by atoms with Crippen LogP contribution in [0.5, 0.6) is 11.5 Å². The summed E-state index contributed by atoms with van der Waals surface area (Å²) in [5, 5.41) is 6.75. The van der Waals surface area contributed by atoms with Gasteiger partial charge in [0.15, 0.2) is 11.5 Å². The number of fused-ring (bicyclic) bond motifs is 2. The van der Waals surface area contributed by atoms with Crippen molar-refractivity contribution in [1.82, 2.24) is 10.6 Å². The van der Waals surface area contributed by atoms with Crippen LogP contribution in [0.2, 0.25) is 5.02 Å². The summed E-state index contributed by atoms with van der Waals surface area (Å²) in [5.74, 6) is 0.713. The molecule has 0 bridgehead atoms. The summed E-state index contributed by atoms with van der Waals surface area (Å²) in [6.45, 7) is 2.76. The maximum atomic E-state index is 12.5. The molecular weight excluding hydrogens is 412 g/mol. The molecule has 0 fully saturated rings. The summed E-state index contributed by atoms with van der Waals surface area (Å²) >= 11 is 7.62. The molecule has 0 aliphatic carbocycles. The minimum absolute atomic E-state index is 0.141. The Morgan fingerprint density at radius 2 is 1.90 bits per heavy atom. The molecule has 2 amide bonds. The van der Waals surface area contributed by atoms with Crippen LogP contribution >= 0.6 is 22.9 Å². The van der Waals surface area contributed by atoms with Gasteiger partial charge in [0.25, 0.3) is 5.91 Å². The maximum absolute atomic E-state index is 12.5. The second-order valence-corrected chi connectivity index (χ2v) is 8.05. The molecular formula is C21H19ClN2O4S. The van der Waals surface area contributed by atoms with E-state index in [9.17, 15) is 9.59 Å². The molecule has 1 aliphatic heterocycles. The predicted octanol–water partition coefficient (Wildman–Crippen LogP) is 3.93. The highest BCUT2D eigenvalue weighted by Gasteiger charge is 2.19. The van der Waals surface area contributed by atoms with E-state index in [1.54, 1.807) is 0 Å². The van der Waals surface area contributed by atoms with Crippen molar-refractivity contribution < 1.29 is 19.1 Å². The zero-order valence-electron chi connectivity index (χ0n) is 15.7. The molecule has 29 heavy (non-hydrogen) atoms. The number of halogens is 1. The third kappa shape index (κ3) is 4.16. The normalized spacial score (nSPS) is 13.7. The lowest BCUT2D eigenvalue weighted by atomic mass is 10.1. The number of rotatable bonds is 5.